The maximum absolute atomic E-state index is 12.8. The number of carbonyl (C=O) groups excluding carboxylic acids is 4. The predicted molar refractivity (Wildman–Crippen MR) is 271 cm³/mol. The third kappa shape index (κ3) is 45.4. The Labute approximate surface area is 421 Å². The zero-order valence-corrected chi connectivity index (χ0v) is 45.2. The number of aliphatic hydroxyl groups excluding tert-OH is 1. The van der Waals surface area contributed by atoms with Gasteiger partial charge in [0.1, 0.15) is 19.3 Å². The molecule has 3 N–H and O–H groups in total. The Hall–Kier alpha value is -2.46. The lowest BCUT2D eigenvalue weighted by Crippen LogP contribution is -2.30. The van der Waals surface area contributed by atoms with Crippen molar-refractivity contribution in [3.63, 3.8) is 0 Å². The molecule has 19 heteroatoms. The van der Waals surface area contributed by atoms with Crippen molar-refractivity contribution in [2.45, 2.75) is 239 Å². The zero-order chi connectivity index (χ0) is 52.0. The summed E-state index contributed by atoms with van der Waals surface area (Å²) in [5.41, 5.74) is 0. The molecule has 0 saturated carbocycles. The van der Waals surface area contributed by atoms with Gasteiger partial charge in [-0.2, -0.15) is 0 Å². The molecule has 0 fully saturated rings. The van der Waals surface area contributed by atoms with Gasteiger partial charge in [0, 0.05) is 25.7 Å². The van der Waals surface area contributed by atoms with Crippen LogP contribution in [0.4, 0.5) is 0 Å². The molecule has 5 atom stereocenters. The second kappa shape index (κ2) is 46.3. The molecule has 0 amide bonds. The second-order valence-corrected chi connectivity index (χ2v) is 20.8. The first-order valence-electron chi connectivity index (χ1n) is 26.6. The molecule has 0 aliphatic rings. The van der Waals surface area contributed by atoms with Crippen molar-refractivity contribution in [3.05, 3.63) is 24.3 Å². The summed E-state index contributed by atoms with van der Waals surface area (Å²) in [6.45, 7) is 4.45. The van der Waals surface area contributed by atoms with E-state index in [1.807, 2.05) is 0 Å². The Morgan fingerprint density at radius 3 is 1.04 bits per heavy atom. The summed E-state index contributed by atoms with van der Waals surface area (Å²) in [5.74, 6) is -2.22. The van der Waals surface area contributed by atoms with Gasteiger partial charge in [0.15, 0.2) is 12.2 Å². The lowest BCUT2D eigenvalue weighted by atomic mass is 10.1. The molecule has 0 heterocycles. The number of hydrogen-bond acceptors (Lipinski definition) is 15. The summed E-state index contributed by atoms with van der Waals surface area (Å²) in [6.07, 6.45) is 30.0. The molecular weight excluding hydrogens is 946 g/mol. The van der Waals surface area contributed by atoms with E-state index in [0.29, 0.717) is 25.7 Å². The van der Waals surface area contributed by atoms with Crippen LogP contribution in [0.2, 0.25) is 0 Å². The van der Waals surface area contributed by atoms with Gasteiger partial charge in [-0.25, -0.2) is 9.13 Å². The molecule has 0 aliphatic heterocycles. The number of aliphatic hydroxyl groups is 1. The summed E-state index contributed by atoms with van der Waals surface area (Å²) in [5, 5.41) is 10.4. The van der Waals surface area contributed by atoms with E-state index in [2.05, 4.69) is 52.0 Å². The van der Waals surface area contributed by atoms with Crippen LogP contribution in [0.25, 0.3) is 0 Å². The Balaban J connectivity index is 5.09. The largest absolute Gasteiger partial charge is 0.472 e. The third-order valence-electron chi connectivity index (χ3n) is 11.0. The molecule has 0 aromatic rings. The molecule has 70 heavy (non-hydrogen) atoms. The Kier molecular flexibility index (Phi) is 44.7. The number of unbranched alkanes of at least 4 members (excludes halogenated alkanes) is 21. The summed E-state index contributed by atoms with van der Waals surface area (Å²) < 4.78 is 66.8. The number of ether oxygens (including phenoxy) is 4. The molecule has 17 nitrogen and oxygen atoms in total. The van der Waals surface area contributed by atoms with Crippen LogP contribution in [-0.4, -0.2) is 96.7 Å². The van der Waals surface area contributed by atoms with Gasteiger partial charge >= 0.3 is 39.5 Å². The number of hydrogen-bond donors (Lipinski definition) is 3. The lowest BCUT2D eigenvalue weighted by Gasteiger charge is -2.21. The molecular formula is C51H94O17P2. The van der Waals surface area contributed by atoms with Crippen molar-refractivity contribution in [2.75, 3.05) is 39.6 Å². The topological polar surface area (TPSA) is 237 Å². The summed E-state index contributed by atoms with van der Waals surface area (Å²) in [6, 6.07) is 0. The van der Waals surface area contributed by atoms with E-state index in [4.69, 9.17) is 37.0 Å². The predicted octanol–water partition coefficient (Wildman–Crippen LogP) is 12.4. The molecule has 0 rings (SSSR count). The van der Waals surface area contributed by atoms with Crippen LogP contribution in [0.3, 0.4) is 0 Å². The second-order valence-electron chi connectivity index (χ2n) is 17.9. The van der Waals surface area contributed by atoms with Crippen LogP contribution in [-0.2, 0) is 65.4 Å². The quantitative estimate of drug-likeness (QED) is 0.0169. The van der Waals surface area contributed by atoms with Crippen molar-refractivity contribution < 1.29 is 80.2 Å². The number of esters is 4. The molecule has 0 aromatic carbocycles. The number of rotatable bonds is 50. The van der Waals surface area contributed by atoms with Gasteiger partial charge in [0.2, 0.25) is 0 Å². The highest BCUT2D eigenvalue weighted by Gasteiger charge is 2.30. The first-order chi connectivity index (χ1) is 33.7. The highest BCUT2D eigenvalue weighted by atomic mass is 31.2. The molecule has 0 bridgehead atoms. The fraction of sp³-hybridized carbons (Fsp3) is 0.843. The van der Waals surface area contributed by atoms with Crippen LogP contribution in [0, 0.1) is 0 Å². The van der Waals surface area contributed by atoms with Crippen LogP contribution >= 0.6 is 15.6 Å². The van der Waals surface area contributed by atoms with Gasteiger partial charge in [0.25, 0.3) is 0 Å². The molecule has 0 aromatic heterocycles. The van der Waals surface area contributed by atoms with Gasteiger partial charge in [-0.1, -0.05) is 168 Å². The minimum Gasteiger partial charge on any atom is -0.462 e. The van der Waals surface area contributed by atoms with Crippen molar-refractivity contribution >= 4 is 39.5 Å². The molecule has 410 valence electrons. The molecule has 2 unspecified atom stereocenters. The first kappa shape index (κ1) is 67.5. The SMILES string of the molecule is CCCCCC/C=C\C=C/CCCCCCCC(=O)O[C@H](COC(=O)CCCCCCC)COP(=O)(O)OC[C@@H](O)COP(=O)(O)OC[C@@H](COC(=O)CCCCCCC)OC(=O)CCCCCCC. The smallest absolute Gasteiger partial charge is 0.462 e. The van der Waals surface area contributed by atoms with Crippen molar-refractivity contribution in [1.29, 1.82) is 0 Å². The van der Waals surface area contributed by atoms with E-state index in [1.54, 1.807) is 0 Å². The van der Waals surface area contributed by atoms with E-state index in [1.165, 1.54) is 25.7 Å². The minimum absolute atomic E-state index is 0.0838. The standard InChI is InChI=1S/C51H94O17P2/c1-5-9-13-17-18-19-20-21-22-23-24-25-26-30-34-38-51(56)68-47(42-62-49(54)36-32-28-15-11-7-3)44-66-70(59,60)64-40-45(52)39-63-69(57,58)65-43-46(67-50(55)37-33-29-16-12-8-4)41-61-48(53)35-31-27-14-10-6-2/h19-22,45-47,52H,5-18,23-44H2,1-4H3,(H,57,58)(H,59,60)/b20-19-,22-21-/t45-,46+,47+/m0/s1. The van der Waals surface area contributed by atoms with Crippen molar-refractivity contribution in [1.82, 2.24) is 0 Å². The normalized spacial score (nSPS) is 14.8. The Bertz CT molecular complexity index is 1470. The number of phosphoric ester groups is 2. The zero-order valence-electron chi connectivity index (χ0n) is 43.4. The van der Waals surface area contributed by atoms with Gasteiger partial charge in [-0.15, -0.1) is 0 Å². The summed E-state index contributed by atoms with van der Waals surface area (Å²) >= 11 is 0. The lowest BCUT2D eigenvalue weighted by molar-refractivity contribution is -0.161. The fourth-order valence-corrected chi connectivity index (χ4v) is 8.37. The van der Waals surface area contributed by atoms with Crippen LogP contribution in [0.15, 0.2) is 24.3 Å². The van der Waals surface area contributed by atoms with E-state index < -0.39 is 97.5 Å². The van der Waals surface area contributed by atoms with E-state index in [0.717, 1.165) is 116 Å². The summed E-state index contributed by atoms with van der Waals surface area (Å²) in [7, 11) is -9.84. The third-order valence-corrected chi connectivity index (χ3v) is 12.9. The number of allylic oxidation sites excluding steroid dienone is 4. The van der Waals surface area contributed by atoms with Gasteiger partial charge in [-0.3, -0.25) is 37.3 Å². The molecule has 0 aliphatic carbocycles. The number of phosphoric acid groups is 2. The molecule has 0 radical (unpaired) electrons. The van der Waals surface area contributed by atoms with Crippen LogP contribution in [0.5, 0.6) is 0 Å². The maximum atomic E-state index is 12.8. The molecule has 0 saturated heterocycles. The van der Waals surface area contributed by atoms with Gasteiger partial charge in [0.05, 0.1) is 26.4 Å². The Morgan fingerprint density at radius 2 is 0.686 bits per heavy atom. The highest BCUT2D eigenvalue weighted by Crippen LogP contribution is 2.45. The van der Waals surface area contributed by atoms with Crippen molar-refractivity contribution in [3.8, 4) is 0 Å². The fourth-order valence-electron chi connectivity index (χ4n) is 6.79. The number of carbonyl (C=O) groups is 4. The van der Waals surface area contributed by atoms with Crippen LogP contribution < -0.4 is 0 Å². The summed E-state index contributed by atoms with van der Waals surface area (Å²) in [4.78, 5) is 70.8. The first-order valence-corrected chi connectivity index (χ1v) is 29.6. The van der Waals surface area contributed by atoms with E-state index in [-0.39, 0.29) is 25.7 Å². The Morgan fingerprint density at radius 1 is 0.400 bits per heavy atom. The average Bonchev–Trinajstić information content (AvgIpc) is 3.33. The maximum Gasteiger partial charge on any atom is 0.472 e. The average molecular weight is 1040 g/mol. The van der Waals surface area contributed by atoms with Crippen LogP contribution in [0.1, 0.15) is 220 Å². The monoisotopic (exact) mass is 1040 g/mol. The molecule has 0 spiro atoms. The minimum atomic E-state index is -4.93. The highest BCUT2D eigenvalue weighted by molar-refractivity contribution is 7.47. The van der Waals surface area contributed by atoms with Gasteiger partial charge < -0.3 is 33.8 Å². The van der Waals surface area contributed by atoms with Crippen molar-refractivity contribution in [2.24, 2.45) is 0 Å². The van der Waals surface area contributed by atoms with Gasteiger partial charge in [-0.05, 0) is 51.4 Å². The van der Waals surface area contributed by atoms with E-state index in [9.17, 15) is 43.2 Å². The van der Waals surface area contributed by atoms with E-state index >= 15 is 0 Å².